The fraction of sp³-hybridized carbons (Fsp3) is 0.312. The first-order chi connectivity index (χ1) is 10.1. The standard InChI is InChI=1S/C16H17BrN2O2/c1-18-7-3-4-12(18)9-19(2)16(20)14-10-21-15-6-5-11(17)8-13(14)15/h3-8,14H,9-10H2,1-2H3. The van der Waals surface area contributed by atoms with E-state index in [4.69, 9.17) is 4.74 Å². The van der Waals surface area contributed by atoms with E-state index in [-0.39, 0.29) is 11.8 Å². The van der Waals surface area contributed by atoms with Crippen molar-refractivity contribution >= 4 is 21.8 Å². The highest BCUT2D eigenvalue weighted by Crippen LogP contribution is 2.36. The predicted molar refractivity (Wildman–Crippen MR) is 84.3 cm³/mol. The maximum Gasteiger partial charge on any atom is 0.233 e. The zero-order valence-electron chi connectivity index (χ0n) is 12.0. The van der Waals surface area contributed by atoms with Crippen LogP contribution in [0.1, 0.15) is 17.2 Å². The van der Waals surface area contributed by atoms with E-state index in [2.05, 4.69) is 15.9 Å². The Morgan fingerprint density at radius 1 is 1.48 bits per heavy atom. The van der Waals surface area contributed by atoms with Gasteiger partial charge in [-0.05, 0) is 30.3 Å². The minimum absolute atomic E-state index is 0.0908. The molecular formula is C16H17BrN2O2. The number of carbonyl (C=O) groups excluding carboxylic acids is 1. The van der Waals surface area contributed by atoms with E-state index in [1.165, 1.54) is 0 Å². The lowest BCUT2D eigenvalue weighted by atomic mass is 10.00. The summed E-state index contributed by atoms with van der Waals surface area (Å²) in [6, 6.07) is 9.82. The molecule has 0 bridgehead atoms. The average Bonchev–Trinajstić information content (AvgIpc) is 3.04. The third-order valence-electron chi connectivity index (χ3n) is 3.88. The minimum atomic E-state index is -0.220. The van der Waals surface area contributed by atoms with Gasteiger partial charge in [0, 0.05) is 36.0 Å². The number of fused-ring (bicyclic) bond motifs is 1. The first-order valence-corrected chi connectivity index (χ1v) is 7.63. The zero-order chi connectivity index (χ0) is 15.0. The monoisotopic (exact) mass is 348 g/mol. The quantitative estimate of drug-likeness (QED) is 0.854. The van der Waals surface area contributed by atoms with E-state index in [0.29, 0.717) is 13.2 Å². The third kappa shape index (κ3) is 2.70. The van der Waals surface area contributed by atoms with Gasteiger partial charge in [0.2, 0.25) is 5.91 Å². The molecule has 1 atom stereocenters. The Balaban J connectivity index is 1.78. The molecule has 110 valence electrons. The van der Waals surface area contributed by atoms with Crippen LogP contribution in [0.5, 0.6) is 5.75 Å². The second kappa shape index (κ2) is 5.56. The number of hydrogen-bond acceptors (Lipinski definition) is 2. The molecule has 5 heteroatoms. The Bertz CT molecular complexity index is 681. The molecule has 1 amide bonds. The van der Waals surface area contributed by atoms with Gasteiger partial charge in [-0.15, -0.1) is 0 Å². The Morgan fingerprint density at radius 2 is 2.29 bits per heavy atom. The molecule has 2 heterocycles. The van der Waals surface area contributed by atoms with Crippen molar-refractivity contribution in [2.24, 2.45) is 7.05 Å². The van der Waals surface area contributed by atoms with Crippen molar-refractivity contribution < 1.29 is 9.53 Å². The SMILES string of the molecule is CN(Cc1cccn1C)C(=O)C1COc2ccc(Br)cc21. The lowest BCUT2D eigenvalue weighted by molar-refractivity contribution is -0.132. The largest absolute Gasteiger partial charge is 0.492 e. The molecule has 4 nitrogen and oxygen atoms in total. The fourth-order valence-corrected chi connectivity index (χ4v) is 3.02. The summed E-state index contributed by atoms with van der Waals surface area (Å²) in [5.41, 5.74) is 2.08. The van der Waals surface area contributed by atoms with Crippen LogP contribution in [0.3, 0.4) is 0 Å². The Hall–Kier alpha value is -1.75. The number of aromatic nitrogens is 1. The molecular weight excluding hydrogens is 332 g/mol. The summed E-state index contributed by atoms with van der Waals surface area (Å²) in [4.78, 5) is 14.4. The average molecular weight is 349 g/mol. The molecule has 0 aliphatic carbocycles. The van der Waals surface area contributed by atoms with Crippen LogP contribution in [-0.4, -0.2) is 29.0 Å². The van der Waals surface area contributed by atoms with Crippen molar-refractivity contribution in [3.05, 3.63) is 52.3 Å². The van der Waals surface area contributed by atoms with E-state index in [9.17, 15) is 4.79 Å². The van der Waals surface area contributed by atoms with E-state index in [1.807, 2.05) is 55.2 Å². The predicted octanol–water partition coefficient (Wildman–Crippen LogP) is 2.92. The van der Waals surface area contributed by atoms with E-state index >= 15 is 0 Å². The molecule has 0 radical (unpaired) electrons. The van der Waals surface area contributed by atoms with Gasteiger partial charge in [0.1, 0.15) is 18.3 Å². The summed E-state index contributed by atoms with van der Waals surface area (Å²) in [6.07, 6.45) is 1.98. The van der Waals surface area contributed by atoms with Crippen molar-refractivity contribution in [1.29, 1.82) is 0 Å². The molecule has 2 aromatic rings. The Labute approximate surface area is 132 Å². The number of aryl methyl sites for hydroxylation is 1. The van der Waals surface area contributed by atoms with Crippen molar-refractivity contribution in [2.45, 2.75) is 12.5 Å². The Morgan fingerprint density at radius 3 is 3.00 bits per heavy atom. The minimum Gasteiger partial charge on any atom is -0.492 e. The van der Waals surface area contributed by atoms with Gasteiger partial charge in [-0.1, -0.05) is 15.9 Å². The van der Waals surface area contributed by atoms with Crippen LogP contribution in [0.25, 0.3) is 0 Å². The number of rotatable bonds is 3. The molecule has 1 aliphatic rings. The summed E-state index contributed by atoms with van der Waals surface area (Å²) < 4.78 is 8.62. The number of benzene rings is 1. The van der Waals surface area contributed by atoms with E-state index < -0.39 is 0 Å². The van der Waals surface area contributed by atoms with Crippen LogP contribution in [0.2, 0.25) is 0 Å². The summed E-state index contributed by atoms with van der Waals surface area (Å²) >= 11 is 3.45. The summed E-state index contributed by atoms with van der Waals surface area (Å²) in [6.45, 7) is 1.02. The van der Waals surface area contributed by atoms with Crippen LogP contribution in [0.4, 0.5) is 0 Å². The second-order valence-corrected chi connectivity index (χ2v) is 6.27. The van der Waals surface area contributed by atoms with Gasteiger partial charge < -0.3 is 14.2 Å². The molecule has 21 heavy (non-hydrogen) atoms. The van der Waals surface area contributed by atoms with Crippen LogP contribution in [0.15, 0.2) is 41.0 Å². The normalized spacial score (nSPS) is 16.4. The first-order valence-electron chi connectivity index (χ1n) is 6.83. The summed E-state index contributed by atoms with van der Waals surface area (Å²) in [5.74, 6) is 0.680. The van der Waals surface area contributed by atoms with Gasteiger partial charge in [0.15, 0.2) is 0 Å². The van der Waals surface area contributed by atoms with Crippen molar-refractivity contribution in [2.75, 3.05) is 13.7 Å². The van der Waals surface area contributed by atoms with E-state index in [1.54, 1.807) is 4.90 Å². The maximum atomic E-state index is 12.7. The first kappa shape index (κ1) is 14.2. The number of ether oxygens (including phenoxy) is 1. The molecule has 1 aromatic carbocycles. The fourth-order valence-electron chi connectivity index (χ4n) is 2.64. The number of likely N-dealkylation sites (N-methyl/N-ethyl adjacent to an activating group) is 1. The highest BCUT2D eigenvalue weighted by atomic mass is 79.9. The zero-order valence-corrected chi connectivity index (χ0v) is 13.6. The number of carbonyl (C=O) groups is 1. The molecule has 1 unspecified atom stereocenters. The molecule has 0 N–H and O–H groups in total. The van der Waals surface area contributed by atoms with Gasteiger partial charge in [-0.25, -0.2) is 0 Å². The van der Waals surface area contributed by atoms with Crippen LogP contribution < -0.4 is 4.74 Å². The number of hydrogen-bond donors (Lipinski definition) is 0. The topological polar surface area (TPSA) is 34.5 Å². The maximum absolute atomic E-state index is 12.7. The summed E-state index contributed by atoms with van der Waals surface area (Å²) in [7, 11) is 3.82. The van der Waals surface area contributed by atoms with Gasteiger partial charge in [-0.3, -0.25) is 4.79 Å². The molecule has 1 aliphatic heterocycles. The lowest BCUT2D eigenvalue weighted by Crippen LogP contribution is -2.32. The Kier molecular flexibility index (Phi) is 3.76. The number of halogens is 1. The highest BCUT2D eigenvalue weighted by Gasteiger charge is 2.32. The van der Waals surface area contributed by atoms with Crippen molar-refractivity contribution in [3.8, 4) is 5.75 Å². The van der Waals surface area contributed by atoms with Crippen molar-refractivity contribution in [3.63, 3.8) is 0 Å². The molecule has 3 rings (SSSR count). The molecule has 0 saturated heterocycles. The van der Waals surface area contributed by atoms with E-state index in [0.717, 1.165) is 21.5 Å². The third-order valence-corrected chi connectivity index (χ3v) is 4.37. The number of amides is 1. The van der Waals surface area contributed by atoms with Gasteiger partial charge in [0.25, 0.3) is 0 Å². The van der Waals surface area contributed by atoms with Crippen LogP contribution in [0, 0.1) is 0 Å². The van der Waals surface area contributed by atoms with Gasteiger partial charge in [-0.2, -0.15) is 0 Å². The molecule has 0 fully saturated rings. The molecule has 0 saturated carbocycles. The molecule has 0 spiro atoms. The second-order valence-electron chi connectivity index (χ2n) is 5.35. The van der Waals surface area contributed by atoms with Crippen LogP contribution >= 0.6 is 15.9 Å². The smallest absolute Gasteiger partial charge is 0.233 e. The lowest BCUT2D eigenvalue weighted by Gasteiger charge is -2.21. The van der Waals surface area contributed by atoms with Gasteiger partial charge in [0.05, 0.1) is 6.54 Å². The highest BCUT2D eigenvalue weighted by molar-refractivity contribution is 9.10. The summed E-state index contributed by atoms with van der Waals surface area (Å²) in [5, 5.41) is 0. The van der Waals surface area contributed by atoms with Crippen molar-refractivity contribution in [1.82, 2.24) is 9.47 Å². The molecule has 1 aromatic heterocycles. The number of nitrogens with zero attached hydrogens (tertiary/aromatic N) is 2. The van der Waals surface area contributed by atoms with Crippen LogP contribution in [-0.2, 0) is 18.4 Å². The van der Waals surface area contributed by atoms with Gasteiger partial charge >= 0.3 is 0 Å².